The Morgan fingerprint density at radius 3 is 2.50 bits per heavy atom. The lowest BCUT2D eigenvalue weighted by Gasteiger charge is -2.37. The molecule has 2 aromatic carbocycles. The third-order valence-electron chi connectivity index (χ3n) is 5.67. The number of anilines is 1. The molecule has 0 spiro atoms. The van der Waals surface area contributed by atoms with E-state index in [0.29, 0.717) is 49.0 Å². The van der Waals surface area contributed by atoms with Gasteiger partial charge in [-0.05, 0) is 36.6 Å². The molecule has 1 fully saturated rings. The molecular formula is C24H29ClN4O3. The predicted molar refractivity (Wildman–Crippen MR) is 128 cm³/mol. The van der Waals surface area contributed by atoms with E-state index in [1.165, 1.54) is 0 Å². The number of aliphatic hydroxyl groups is 1. The van der Waals surface area contributed by atoms with E-state index >= 15 is 0 Å². The van der Waals surface area contributed by atoms with Crippen molar-refractivity contribution in [1.29, 1.82) is 0 Å². The Morgan fingerprint density at radius 1 is 1.09 bits per heavy atom. The molecule has 8 heteroatoms. The molecule has 0 unspecified atom stereocenters. The number of phenolic OH excluding ortho intramolecular Hbond substituents is 1. The summed E-state index contributed by atoms with van der Waals surface area (Å²) in [6.45, 7) is 6.13. The van der Waals surface area contributed by atoms with Crippen LogP contribution in [-0.2, 0) is 4.79 Å². The summed E-state index contributed by atoms with van der Waals surface area (Å²) in [5.41, 5.74) is 1.14. The van der Waals surface area contributed by atoms with E-state index in [9.17, 15) is 15.0 Å². The molecule has 1 amide bonds. The first kappa shape index (κ1) is 22.3. The molecule has 0 aliphatic carbocycles. The number of amides is 1. The number of halogens is 1. The largest absolute Gasteiger partial charge is 0.507 e. The minimum atomic E-state index is -0.962. The predicted octanol–water partition coefficient (Wildman–Crippen LogP) is 3.96. The average Bonchev–Trinajstić information content (AvgIpc) is 2.77. The molecule has 1 aromatic heterocycles. The van der Waals surface area contributed by atoms with Gasteiger partial charge in [-0.2, -0.15) is 0 Å². The fourth-order valence-corrected chi connectivity index (χ4v) is 4.30. The van der Waals surface area contributed by atoms with Crippen molar-refractivity contribution in [2.45, 2.75) is 26.4 Å². The zero-order valence-corrected chi connectivity index (χ0v) is 19.0. The lowest BCUT2D eigenvalue weighted by molar-refractivity contribution is -0.141. The lowest BCUT2D eigenvalue weighted by atomic mass is 10.0. The monoisotopic (exact) mass is 456 g/mol. The number of benzene rings is 2. The van der Waals surface area contributed by atoms with Gasteiger partial charge in [0, 0.05) is 33.0 Å². The van der Waals surface area contributed by atoms with Gasteiger partial charge in [0.15, 0.2) is 5.82 Å². The fourth-order valence-electron chi connectivity index (χ4n) is 4.04. The van der Waals surface area contributed by atoms with E-state index in [0.717, 1.165) is 16.7 Å². The van der Waals surface area contributed by atoms with E-state index in [1.807, 2.05) is 38.1 Å². The number of rotatable bonds is 5. The molecule has 0 saturated carbocycles. The number of para-hydroxylation sites is 1. The summed E-state index contributed by atoms with van der Waals surface area (Å²) in [6.07, 6.45) is -0.503. The van der Waals surface area contributed by atoms with E-state index in [2.05, 4.69) is 9.88 Å². The van der Waals surface area contributed by atoms with Crippen LogP contribution in [0.2, 0.25) is 5.02 Å². The van der Waals surface area contributed by atoms with Gasteiger partial charge < -0.3 is 20.0 Å². The number of carbonyl (C=O) groups is 1. The first-order valence-electron chi connectivity index (χ1n) is 10.8. The Bertz CT molecular complexity index is 1120. The van der Waals surface area contributed by atoms with Crippen molar-refractivity contribution in [2.75, 3.05) is 31.1 Å². The van der Waals surface area contributed by atoms with Crippen LogP contribution in [0, 0.1) is 5.92 Å². The van der Waals surface area contributed by atoms with Crippen LogP contribution in [0.25, 0.3) is 22.3 Å². The van der Waals surface area contributed by atoms with Gasteiger partial charge in [0.05, 0.1) is 16.1 Å². The molecule has 0 bridgehead atoms. The Morgan fingerprint density at radius 2 is 1.81 bits per heavy atom. The van der Waals surface area contributed by atoms with Crippen molar-refractivity contribution in [2.24, 2.45) is 5.92 Å². The third kappa shape index (κ3) is 4.49. The molecule has 2 heterocycles. The molecular weight excluding hydrogens is 428 g/mol. The summed E-state index contributed by atoms with van der Waals surface area (Å²) in [5, 5.41) is 21.9. The summed E-state index contributed by atoms with van der Waals surface area (Å²) in [5.74, 6) is 1.15. The Labute approximate surface area is 193 Å². The number of fused-ring (bicyclic) bond motifs is 1. The minimum Gasteiger partial charge on any atom is -0.507 e. The van der Waals surface area contributed by atoms with Crippen LogP contribution in [0.15, 0.2) is 42.5 Å². The smallest absolute Gasteiger partial charge is 0.251 e. The highest BCUT2D eigenvalue weighted by Gasteiger charge is 2.28. The number of hydrogen-bond acceptors (Lipinski definition) is 6. The van der Waals surface area contributed by atoms with Gasteiger partial charge in [0.2, 0.25) is 0 Å². The second-order valence-corrected chi connectivity index (χ2v) is 8.89. The number of piperazine rings is 1. The van der Waals surface area contributed by atoms with Crippen LogP contribution in [0.1, 0.15) is 21.7 Å². The van der Waals surface area contributed by atoms with Crippen molar-refractivity contribution in [3.8, 4) is 17.1 Å². The van der Waals surface area contributed by atoms with Crippen LogP contribution in [0.3, 0.4) is 0 Å². The Balaban J connectivity index is 0.00000306. The quantitative estimate of drug-likeness (QED) is 0.604. The number of carbonyl (C=O) groups excluding carboxylic acids is 1. The van der Waals surface area contributed by atoms with E-state index in [4.69, 9.17) is 16.6 Å². The molecule has 2 N–H and O–H groups in total. The summed E-state index contributed by atoms with van der Waals surface area (Å²) < 4.78 is 0. The van der Waals surface area contributed by atoms with Crippen LogP contribution in [0.5, 0.6) is 5.75 Å². The van der Waals surface area contributed by atoms with Crippen molar-refractivity contribution >= 4 is 34.2 Å². The van der Waals surface area contributed by atoms with Gasteiger partial charge in [0.25, 0.3) is 5.91 Å². The fraction of sp³-hybridized carbons (Fsp3) is 0.375. The van der Waals surface area contributed by atoms with Gasteiger partial charge >= 0.3 is 0 Å². The van der Waals surface area contributed by atoms with Crippen molar-refractivity contribution in [1.82, 2.24) is 14.9 Å². The van der Waals surface area contributed by atoms with Crippen molar-refractivity contribution < 1.29 is 16.4 Å². The maximum absolute atomic E-state index is 12.6. The minimum absolute atomic E-state index is 0. The van der Waals surface area contributed by atoms with E-state index in [-0.39, 0.29) is 19.0 Å². The van der Waals surface area contributed by atoms with Gasteiger partial charge in [-0.3, -0.25) is 4.79 Å². The number of aromatic nitrogens is 2. The maximum Gasteiger partial charge on any atom is 0.251 e. The first-order chi connectivity index (χ1) is 15.3. The van der Waals surface area contributed by atoms with Gasteiger partial charge in [-0.25, -0.2) is 9.97 Å². The van der Waals surface area contributed by atoms with Gasteiger partial charge in [0.1, 0.15) is 17.7 Å². The van der Waals surface area contributed by atoms with Crippen LogP contribution >= 0.6 is 11.6 Å². The van der Waals surface area contributed by atoms with Crippen molar-refractivity contribution in [3.05, 3.63) is 47.5 Å². The molecule has 7 nitrogen and oxygen atoms in total. The number of hydrogen-bond donors (Lipinski definition) is 2. The molecule has 0 radical (unpaired) electrons. The number of aliphatic hydroxyl groups excluding tert-OH is 1. The Hall–Kier alpha value is -2.90. The zero-order chi connectivity index (χ0) is 22.8. The van der Waals surface area contributed by atoms with Crippen LogP contribution in [-0.4, -0.2) is 63.3 Å². The number of phenols is 1. The number of aromatic hydroxyl groups is 1. The normalized spacial score (nSPS) is 15.4. The van der Waals surface area contributed by atoms with E-state index < -0.39 is 6.10 Å². The molecule has 32 heavy (non-hydrogen) atoms. The third-order valence-corrected chi connectivity index (χ3v) is 5.98. The molecule has 4 rings (SSSR count). The standard InChI is InChI=1S/C24H27ClN4O3.H2/c1-15(2)14-20(31)24(32)29-12-10-28(11-13-29)23-16-6-3-4-8-18(16)26-22(27-23)21-17(25)7-5-9-19(21)30;/h3-9,15,20,30-31H,10-14H2,1-2H3;1H/t20-;/m1./s1. The lowest BCUT2D eigenvalue weighted by Crippen LogP contribution is -2.52. The molecule has 1 saturated heterocycles. The molecule has 170 valence electrons. The zero-order valence-electron chi connectivity index (χ0n) is 18.2. The van der Waals surface area contributed by atoms with Gasteiger partial charge in [-0.1, -0.05) is 43.6 Å². The summed E-state index contributed by atoms with van der Waals surface area (Å²) in [7, 11) is 0. The first-order valence-corrected chi connectivity index (χ1v) is 11.2. The average molecular weight is 457 g/mol. The molecule has 1 atom stereocenters. The van der Waals surface area contributed by atoms with Crippen LogP contribution in [0.4, 0.5) is 5.82 Å². The highest BCUT2D eigenvalue weighted by Crippen LogP contribution is 2.36. The molecule has 1 aliphatic heterocycles. The topological polar surface area (TPSA) is 89.8 Å². The summed E-state index contributed by atoms with van der Waals surface area (Å²) in [6, 6.07) is 12.6. The highest BCUT2D eigenvalue weighted by molar-refractivity contribution is 6.33. The molecule has 3 aromatic rings. The van der Waals surface area contributed by atoms with Crippen LogP contribution < -0.4 is 4.90 Å². The SMILES string of the molecule is CC(C)C[C@@H](O)C(=O)N1CCN(c2nc(-c3c(O)cccc3Cl)nc3ccccc23)CC1.[HH]. The van der Waals surface area contributed by atoms with E-state index in [1.54, 1.807) is 23.1 Å². The van der Waals surface area contributed by atoms with Crippen molar-refractivity contribution in [3.63, 3.8) is 0 Å². The Kier molecular flexibility index (Phi) is 6.48. The second kappa shape index (κ2) is 9.30. The second-order valence-electron chi connectivity index (χ2n) is 8.48. The maximum atomic E-state index is 12.6. The number of nitrogens with zero attached hydrogens (tertiary/aromatic N) is 4. The summed E-state index contributed by atoms with van der Waals surface area (Å²) in [4.78, 5) is 25.8. The van der Waals surface area contributed by atoms with Gasteiger partial charge in [-0.15, -0.1) is 0 Å². The highest BCUT2D eigenvalue weighted by atomic mass is 35.5. The molecule has 1 aliphatic rings. The summed E-state index contributed by atoms with van der Waals surface area (Å²) >= 11 is 6.35.